The molecular formula is C22H23N7O. The van der Waals surface area contributed by atoms with Gasteiger partial charge in [0.05, 0.1) is 11.1 Å². The van der Waals surface area contributed by atoms with Gasteiger partial charge < -0.3 is 20.9 Å². The third kappa shape index (κ3) is 3.67. The maximum absolute atomic E-state index is 11.8. The number of anilines is 2. The molecule has 0 bridgehead atoms. The molecule has 0 spiro atoms. The Labute approximate surface area is 174 Å². The molecule has 152 valence electrons. The number of nitrogens with two attached hydrogens (primary N) is 1. The largest absolute Gasteiger partial charge is 0.366 e. The Balaban J connectivity index is 1.80. The number of para-hydroxylation sites is 1. The van der Waals surface area contributed by atoms with E-state index in [0.29, 0.717) is 35.3 Å². The first-order chi connectivity index (χ1) is 14.4. The monoisotopic (exact) mass is 401 g/mol. The number of carbonyl (C=O) groups excluding carboxylic acids is 1. The number of carbonyl (C=O) groups is 1. The van der Waals surface area contributed by atoms with E-state index >= 15 is 0 Å². The molecule has 4 rings (SSSR count). The van der Waals surface area contributed by atoms with E-state index in [4.69, 9.17) is 5.73 Å². The number of aryl methyl sites for hydroxylation is 1. The summed E-state index contributed by atoms with van der Waals surface area (Å²) in [5, 5.41) is 4.12. The minimum atomic E-state index is -0.483. The predicted molar refractivity (Wildman–Crippen MR) is 118 cm³/mol. The normalized spacial score (nSPS) is 10.9. The molecule has 1 amide bonds. The number of benzene rings is 2. The fraction of sp³-hybridized carbons (Fsp3) is 0.182. The van der Waals surface area contributed by atoms with Gasteiger partial charge in [0, 0.05) is 37.3 Å². The Hall–Kier alpha value is -3.94. The summed E-state index contributed by atoms with van der Waals surface area (Å²) in [6.45, 7) is 2.52. The SMILES string of the molecule is Cc1[nH]c2c(C(N)=O)cccc2c1-c1nc(NCc2ccccc2)nc(N(C)C)n1. The van der Waals surface area contributed by atoms with E-state index < -0.39 is 5.91 Å². The second-order valence-electron chi connectivity index (χ2n) is 7.23. The number of fused-ring (bicyclic) bond motifs is 1. The van der Waals surface area contributed by atoms with Crippen LogP contribution in [0.3, 0.4) is 0 Å². The molecule has 0 unspecified atom stereocenters. The molecule has 8 nitrogen and oxygen atoms in total. The molecule has 2 heterocycles. The van der Waals surface area contributed by atoms with E-state index in [2.05, 4.69) is 25.3 Å². The minimum Gasteiger partial charge on any atom is -0.366 e. The first-order valence-electron chi connectivity index (χ1n) is 9.56. The summed E-state index contributed by atoms with van der Waals surface area (Å²) in [4.78, 5) is 30.8. The van der Waals surface area contributed by atoms with Crippen LogP contribution in [0, 0.1) is 6.92 Å². The number of hydrogen-bond donors (Lipinski definition) is 3. The Morgan fingerprint density at radius 3 is 2.53 bits per heavy atom. The van der Waals surface area contributed by atoms with Crippen LogP contribution in [-0.4, -0.2) is 39.9 Å². The molecule has 4 aromatic rings. The number of amides is 1. The Morgan fingerprint density at radius 1 is 1.07 bits per heavy atom. The highest BCUT2D eigenvalue weighted by Gasteiger charge is 2.19. The minimum absolute atomic E-state index is 0.436. The van der Waals surface area contributed by atoms with Gasteiger partial charge in [0.1, 0.15) is 0 Å². The standard InChI is InChI=1S/C22H23N7O/c1-13-17(15-10-7-11-16(19(23)30)18(15)25-13)20-26-21(28-22(27-20)29(2)3)24-12-14-8-5-4-6-9-14/h4-11,25H,12H2,1-3H3,(H2,23,30)(H,24,26,27,28). The molecule has 2 aromatic carbocycles. The number of nitrogens with one attached hydrogen (secondary N) is 2. The van der Waals surface area contributed by atoms with Crippen LogP contribution in [0.1, 0.15) is 21.6 Å². The number of primary amides is 1. The van der Waals surface area contributed by atoms with Crippen molar-refractivity contribution in [1.82, 2.24) is 19.9 Å². The fourth-order valence-electron chi connectivity index (χ4n) is 3.37. The summed E-state index contributed by atoms with van der Waals surface area (Å²) < 4.78 is 0. The van der Waals surface area contributed by atoms with Crippen molar-refractivity contribution in [2.45, 2.75) is 13.5 Å². The maximum Gasteiger partial charge on any atom is 0.250 e. The number of aromatic amines is 1. The predicted octanol–water partition coefficient (Wildman–Crippen LogP) is 3.11. The number of nitrogens with zero attached hydrogens (tertiary/aromatic N) is 4. The highest BCUT2D eigenvalue weighted by Crippen LogP contribution is 2.32. The lowest BCUT2D eigenvalue weighted by atomic mass is 10.1. The van der Waals surface area contributed by atoms with Gasteiger partial charge in [-0.25, -0.2) is 0 Å². The summed E-state index contributed by atoms with van der Waals surface area (Å²) in [5.74, 6) is 1.06. The third-order valence-electron chi connectivity index (χ3n) is 4.83. The summed E-state index contributed by atoms with van der Waals surface area (Å²) in [6, 6.07) is 15.5. The van der Waals surface area contributed by atoms with E-state index in [0.717, 1.165) is 22.2 Å². The van der Waals surface area contributed by atoms with Gasteiger partial charge in [-0.2, -0.15) is 15.0 Å². The molecular weight excluding hydrogens is 378 g/mol. The molecule has 0 saturated carbocycles. The molecule has 0 radical (unpaired) electrons. The van der Waals surface area contributed by atoms with E-state index in [1.807, 2.05) is 68.4 Å². The zero-order chi connectivity index (χ0) is 21.3. The van der Waals surface area contributed by atoms with Crippen LogP contribution in [0.4, 0.5) is 11.9 Å². The molecule has 0 atom stereocenters. The Kier molecular flexibility index (Phi) is 5.05. The van der Waals surface area contributed by atoms with Crippen LogP contribution in [0.2, 0.25) is 0 Å². The molecule has 8 heteroatoms. The van der Waals surface area contributed by atoms with Crippen LogP contribution in [0.15, 0.2) is 48.5 Å². The number of hydrogen-bond acceptors (Lipinski definition) is 6. The van der Waals surface area contributed by atoms with Crippen molar-refractivity contribution < 1.29 is 4.79 Å². The van der Waals surface area contributed by atoms with Crippen molar-refractivity contribution in [2.75, 3.05) is 24.3 Å². The molecule has 0 aliphatic rings. The molecule has 0 saturated heterocycles. The first-order valence-corrected chi connectivity index (χ1v) is 9.56. The van der Waals surface area contributed by atoms with Crippen LogP contribution in [0.5, 0.6) is 0 Å². The summed E-state index contributed by atoms with van der Waals surface area (Å²) in [5.41, 5.74) is 9.46. The van der Waals surface area contributed by atoms with Gasteiger partial charge in [0.15, 0.2) is 5.82 Å². The van der Waals surface area contributed by atoms with Crippen LogP contribution < -0.4 is 16.0 Å². The topological polar surface area (TPSA) is 113 Å². The molecule has 0 aliphatic carbocycles. The maximum atomic E-state index is 11.8. The zero-order valence-corrected chi connectivity index (χ0v) is 17.1. The van der Waals surface area contributed by atoms with E-state index in [1.165, 1.54) is 0 Å². The molecule has 2 aromatic heterocycles. The number of aromatic nitrogens is 4. The van der Waals surface area contributed by atoms with Gasteiger partial charge in [0.2, 0.25) is 11.9 Å². The van der Waals surface area contributed by atoms with Crippen molar-refractivity contribution in [3.63, 3.8) is 0 Å². The van der Waals surface area contributed by atoms with Crippen molar-refractivity contribution in [1.29, 1.82) is 0 Å². The smallest absolute Gasteiger partial charge is 0.250 e. The van der Waals surface area contributed by atoms with Crippen LogP contribution in [0.25, 0.3) is 22.3 Å². The summed E-state index contributed by atoms with van der Waals surface area (Å²) >= 11 is 0. The Morgan fingerprint density at radius 2 is 1.83 bits per heavy atom. The summed E-state index contributed by atoms with van der Waals surface area (Å²) in [6.07, 6.45) is 0. The second-order valence-corrected chi connectivity index (χ2v) is 7.23. The molecule has 0 aliphatic heterocycles. The van der Waals surface area contributed by atoms with E-state index in [-0.39, 0.29) is 0 Å². The van der Waals surface area contributed by atoms with Crippen LogP contribution in [-0.2, 0) is 6.54 Å². The second kappa shape index (κ2) is 7.82. The van der Waals surface area contributed by atoms with Gasteiger partial charge in [-0.1, -0.05) is 42.5 Å². The van der Waals surface area contributed by atoms with Gasteiger partial charge in [-0.3, -0.25) is 4.79 Å². The Bertz CT molecular complexity index is 1220. The zero-order valence-electron chi connectivity index (χ0n) is 17.1. The van der Waals surface area contributed by atoms with Crippen molar-refractivity contribution in [2.24, 2.45) is 5.73 Å². The van der Waals surface area contributed by atoms with Gasteiger partial charge in [-0.15, -0.1) is 0 Å². The lowest BCUT2D eigenvalue weighted by molar-refractivity contribution is 0.100. The lowest BCUT2D eigenvalue weighted by Crippen LogP contribution is -2.16. The summed E-state index contributed by atoms with van der Waals surface area (Å²) in [7, 11) is 3.76. The molecule has 0 fully saturated rings. The van der Waals surface area contributed by atoms with Gasteiger partial charge >= 0.3 is 0 Å². The first kappa shape index (κ1) is 19.4. The number of rotatable bonds is 6. The van der Waals surface area contributed by atoms with Crippen molar-refractivity contribution >= 4 is 28.7 Å². The van der Waals surface area contributed by atoms with Gasteiger partial charge in [-0.05, 0) is 18.6 Å². The van der Waals surface area contributed by atoms with Gasteiger partial charge in [0.25, 0.3) is 5.91 Å². The fourth-order valence-corrected chi connectivity index (χ4v) is 3.37. The molecule has 30 heavy (non-hydrogen) atoms. The molecule has 4 N–H and O–H groups in total. The highest BCUT2D eigenvalue weighted by molar-refractivity contribution is 6.09. The highest BCUT2D eigenvalue weighted by atomic mass is 16.1. The lowest BCUT2D eigenvalue weighted by Gasteiger charge is -2.14. The average Bonchev–Trinajstić information content (AvgIpc) is 3.08. The van der Waals surface area contributed by atoms with E-state index in [9.17, 15) is 4.79 Å². The third-order valence-corrected chi connectivity index (χ3v) is 4.83. The average molecular weight is 401 g/mol. The van der Waals surface area contributed by atoms with E-state index in [1.54, 1.807) is 6.07 Å². The quantitative estimate of drug-likeness (QED) is 0.458. The van der Waals surface area contributed by atoms with Crippen LogP contribution >= 0.6 is 0 Å². The van der Waals surface area contributed by atoms with Crippen molar-refractivity contribution in [3.05, 3.63) is 65.4 Å². The number of H-pyrrole nitrogens is 1. The van der Waals surface area contributed by atoms with Crippen molar-refractivity contribution in [3.8, 4) is 11.4 Å².